The van der Waals surface area contributed by atoms with Crippen LogP contribution in [0.3, 0.4) is 0 Å². The van der Waals surface area contributed by atoms with E-state index in [1.807, 2.05) is 13.2 Å². The fraction of sp³-hybridized carbons (Fsp3) is 0.625. The van der Waals surface area contributed by atoms with Gasteiger partial charge in [0.05, 0.1) is 6.20 Å². The summed E-state index contributed by atoms with van der Waals surface area (Å²) in [5.74, 6) is 0.940. The first-order valence-corrected chi connectivity index (χ1v) is 7.44. The second kappa shape index (κ2) is 5.53. The number of hydrogen-bond donors (Lipinski definition) is 2. The van der Waals surface area contributed by atoms with Crippen LogP contribution in [-0.2, 0) is 10.0 Å². The molecule has 5 nitrogen and oxygen atoms in total. The predicted molar refractivity (Wildman–Crippen MR) is 61.4 cm³/mol. The van der Waals surface area contributed by atoms with Crippen LogP contribution in [0.4, 0.5) is 0 Å². The number of nitrogens with one attached hydrogen (secondary N) is 2. The van der Waals surface area contributed by atoms with Crippen molar-refractivity contribution >= 4 is 21.8 Å². The van der Waals surface area contributed by atoms with Gasteiger partial charge >= 0.3 is 0 Å². The van der Waals surface area contributed by atoms with Crippen molar-refractivity contribution in [2.45, 2.75) is 24.3 Å². The SMILES string of the molecule is CSCCC(C)NS(=O)(=O)c1cn[nH]c1. The molecule has 7 heteroatoms. The second-order valence-electron chi connectivity index (χ2n) is 3.24. The zero-order chi connectivity index (χ0) is 11.3. The highest BCUT2D eigenvalue weighted by Gasteiger charge is 2.17. The summed E-state index contributed by atoms with van der Waals surface area (Å²) in [4.78, 5) is 0.179. The van der Waals surface area contributed by atoms with E-state index in [9.17, 15) is 8.42 Å². The molecule has 0 radical (unpaired) electrons. The maximum Gasteiger partial charge on any atom is 0.243 e. The van der Waals surface area contributed by atoms with Crippen molar-refractivity contribution in [3.8, 4) is 0 Å². The summed E-state index contributed by atoms with van der Waals surface area (Å²) in [7, 11) is -3.40. The fourth-order valence-corrected chi connectivity index (χ4v) is 2.84. The van der Waals surface area contributed by atoms with Crippen LogP contribution in [-0.4, -0.2) is 36.7 Å². The van der Waals surface area contributed by atoms with Gasteiger partial charge in [-0.3, -0.25) is 5.10 Å². The molecule has 0 spiro atoms. The number of thioether (sulfide) groups is 1. The molecule has 0 fully saturated rings. The lowest BCUT2D eigenvalue weighted by Crippen LogP contribution is -2.32. The molecule has 1 aromatic heterocycles. The Kier molecular flexibility index (Phi) is 4.62. The summed E-state index contributed by atoms with van der Waals surface area (Å²) in [5, 5.41) is 6.09. The molecule has 1 unspecified atom stereocenters. The highest BCUT2D eigenvalue weighted by Crippen LogP contribution is 2.07. The topological polar surface area (TPSA) is 74.8 Å². The van der Waals surface area contributed by atoms with Crippen LogP contribution in [0.2, 0.25) is 0 Å². The van der Waals surface area contributed by atoms with Crippen molar-refractivity contribution in [2.24, 2.45) is 0 Å². The maximum atomic E-state index is 11.7. The largest absolute Gasteiger partial charge is 0.284 e. The van der Waals surface area contributed by atoms with Gasteiger partial charge in [-0.2, -0.15) is 16.9 Å². The molecule has 0 aliphatic carbocycles. The molecule has 1 aromatic rings. The standard InChI is InChI=1S/C8H15N3O2S2/c1-7(3-4-14-2)11-15(12,13)8-5-9-10-6-8/h5-7,11H,3-4H2,1-2H3,(H,9,10). The highest BCUT2D eigenvalue weighted by atomic mass is 32.2. The molecule has 86 valence electrons. The smallest absolute Gasteiger partial charge is 0.243 e. The first-order valence-electron chi connectivity index (χ1n) is 4.56. The van der Waals surface area contributed by atoms with Crippen molar-refractivity contribution in [2.75, 3.05) is 12.0 Å². The molecule has 0 saturated carbocycles. The lowest BCUT2D eigenvalue weighted by molar-refractivity contribution is 0.557. The summed E-state index contributed by atoms with van der Waals surface area (Å²) < 4.78 is 26.0. The number of aromatic nitrogens is 2. The van der Waals surface area contributed by atoms with E-state index in [-0.39, 0.29) is 10.9 Å². The molecule has 0 bridgehead atoms. The van der Waals surface area contributed by atoms with Gasteiger partial charge < -0.3 is 0 Å². The minimum absolute atomic E-state index is 0.0580. The molecule has 1 atom stereocenters. The Hall–Kier alpha value is -0.530. The van der Waals surface area contributed by atoms with Crippen LogP contribution in [0.15, 0.2) is 17.3 Å². The van der Waals surface area contributed by atoms with E-state index in [4.69, 9.17) is 0 Å². The average Bonchev–Trinajstić information content (AvgIpc) is 2.67. The Bertz CT molecular complexity index is 375. The molecule has 0 amide bonds. The van der Waals surface area contributed by atoms with E-state index >= 15 is 0 Å². The Labute approximate surface area is 94.1 Å². The summed E-state index contributed by atoms with van der Waals surface area (Å²) in [6.45, 7) is 1.86. The molecule has 0 aliphatic heterocycles. The van der Waals surface area contributed by atoms with Gasteiger partial charge in [0, 0.05) is 12.2 Å². The fourth-order valence-electron chi connectivity index (χ4n) is 1.07. The molecule has 0 aliphatic rings. The number of aromatic amines is 1. The van der Waals surface area contributed by atoms with Gasteiger partial charge in [-0.1, -0.05) is 0 Å². The Morgan fingerprint density at radius 2 is 2.40 bits per heavy atom. The van der Waals surface area contributed by atoms with E-state index in [1.165, 1.54) is 12.4 Å². The number of sulfonamides is 1. The van der Waals surface area contributed by atoms with Crippen LogP contribution in [0.25, 0.3) is 0 Å². The molecule has 0 saturated heterocycles. The zero-order valence-electron chi connectivity index (χ0n) is 8.73. The van der Waals surface area contributed by atoms with E-state index in [2.05, 4.69) is 14.9 Å². The summed E-state index contributed by atoms with van der Waals surface area (Å²) in [5.41, 5.74) is 0. The van der Waals surface area contributed by atoms with Crippen molar-refractivity contribution in [3.05, 3.63) is 12.4 Å². The van der Waals surface area contributed by atoms with Crippen molar-refractivity contribution in [1.29, 1.82) is 0 Å². The second-order valence-corrected chi connectivity index (χ2v) is 5.94. The van der Waals surface area contributed by atoms with E-state index in [1.54, 1.807) is 11.8 Å². The lowest BCUT2D eigenvalue weighted by atomic mass is 10.3. The molecule has 15 heavy (non-hydrogen) atoms. The number of rotatable bonds is 6. The maximum absolute atomic E-state index is 11.7. The molecule has 1 rings (SSSR count). The Morgan fingerprint density at radius 3 is 2.93 bits per heavy atom. The van der Waals surface area contributed by atoms with Crippen molar-refractivity contribution in [1.82, 2.24) is 14.9 Å². The minimum Gasteiger partial charge on any atom is -0.284 e. The summed E-state index contributed by atoms with van der Waals surface area (Å²) in [6.07, 6.45) is 5.47. The first kappa shape index (κ1) is 12.5. The number of H-pyrrole nitrogens is 1. The quantitative estimate of drug-likeness (QED) is 0.783. The van der Waals surface area contributed by atoms with Gasteiger partial charge in [0.1, 0.15) is 4.90 Å². The third-order valence-electron chi connectivity index (χ3n) is 1.89. The monoisotopic (exact) mass is 249 g/mol. The van der Waals surface area contributed by atoms with Crippen LogP contribution in [0, 0.1) is 0 Å². The Morgan fingerprint density at radius 1 is 1.67 bits per heavy atom. The van der Waals surface area contributed by atoms with Gasteiger partial charge in [0.25, 0.3) is 0 Å². The zero-order valence-corrected chi connectivity index (χ0v) is 10.4. The number of nitrogens with zero attached hydrogens (tertiary/aromatic N) is 1. The first-order chi connectivity index (χ1) is 7.06. The van der Waals surface area contributed by atoms with E-state index < -0.39 is 10.0 Å². The predicted octanol–water partition coefficient (Wildman–Crippen LogP) is 0.830. The van der Waals surface area contributed by atoms with Gasteiger partial charge in [0.2, 0.25) is 10.0 Å². The normalized spacial score (nSPS) is 14.0. The van der Waals surface area contributed by atoms with Crippen LogP contribution in [0.5, 0.6) is 0 Å². The van der Waals surface area contributed by atoms with Gasteiger partial charge in [-0.15, -0.1) is 0 Å². The van der Waals surface area contributed by atoms with Crippen molar-refractivity contribution < 1.29 is 8.42 Å². The van der Waals surface area contributed by atoms with Gasteiger partial charge in [0.15, 0.2) is 0 Å². The average molecular weight is 249 g/mol. The van der Waals surface area contributed by atoms with Gasteiger partial charge in [-0.25, -0.2) is 13.1 Å². The summed E-state index contributed by atoms with van der Waals surface area (Å²) >= 11 is 1.70. The van der Waals surface area contributed by atoms with Crippen LogP contribution in [0.1, 0.15) is 13.3 Å². The van der Waals surface area contributed by atoms with Crippen LogP contribution >= 0.6 is 11.8 Å². The van der Waals surface area contributed by atoms with Gasteiger partial charge in [-0.05, 0) is 25.4 Å². The lowest BCUT2D eigenvalue weighted by Gasteiger charge is -2.12. The molecular weight excluding hydrogens is 234 g/mol. The molecule has 2 N–H and O–H groups in total. The molecular formula is C8H15N3O2S2. The molecule has 0 aromatic carbocycles. The highest BCUT2D eigenvalue weighted by molar-refractivity contribution is 7.98. The number of hydrogen-bond acceptors (Lipinski definition) is 4. The third-order valence-corrected chi connectivity index (χ3v) is 4.10. The van der Waals surface area contributed by atoms with E-state index in [0.717, 1.165) is 12.2 Å². The molecule has 1 heterocycles. The minimum atomic E-state index is -3.40. The van der Waals surface area contributed by atoms with Crippen LogP contribution < -0.4 is 4.72 Å². The van der Waals surface area contributed by atoms with E-state index in [0.29, 0.717) is 0 Å². The third kappa shape index (κ3) is 3.84. The Balaban J connectivity index is 2.57. The summed E-state index contributed by atoms with van der Waals surface area (Å²) in [6, 6.07) is -0.0580. The van der Waals surface area contributed by atoms with Crippen molar-refractivity contribution in [3.63, 3.8) is 0 Å².